The molecule has 3 heterocycles. The third-order valence-corrected chi connectivity index (χ3v) is 10.1. The molecule has 0 N–H and O–H groups in total. The fourth-order valence-electron chi connectivity index (χ4n) is 7.98. The van der Waals surface area contributed by atoms with Crippen LogP contribution in [-0.2, 0) is 5.41 Å². The predicted molar refractivity (Wildman–Crippen MR) is 199 cm³/mol. The Morgan fingerprint density at radius 2 is 1.02 bits per heavy atom. The van der Waals surface area contributed by atoms with Gasteiger partial charge in [-0.25, -0.2) is 4.98 Å². The molecule has 0 unspecified atom stereocenters. The third kappa shape index (κ3) is 4.02. The zero-order chi connectivity index (χ0) is 32.7. The quantitative estimate of drug-likeness (QED) is 0.195. The van der Waals surface area contributed by atoms with Gasteiger partial charge < -0.3 is 4.57 Å². The van der Waals surface area contributed by atoms with Crippen LogP contribution in [-0.4, -0.2) is 24.1 Å². The summed E-state index contributed by atoms with van der Waals surface area (Å²) in [6, 6.07) is 53.4. The summed E-state index contributed by atoms with van der Waals surface area (Å²) in [4.78, 5) is 15.7. The summed E-state index contributed by atoms with van der Waals surface area (Å²) in [6.45, 7) is 4.62. The molecule has 0 saturated carbocycles. The van der Waals surface area contributed by atoms with Crippen molar-refractivity contribution in [3.05, 3.63) is 163 Å². The minimum absolute atomic E-state index is 0.263. The van der Waals surface area contributed by atoms with Gasteiger partial charge in [-0.05, 0) is 41.5 Å². The highest BCUT2D eigenvalue weighted by molar-refractivity contribution is 6.09. The number of rotatable bonds is 4. The van der Waals surface area contributed by atoms with E-state index in [2.05, 4.69) is 156 Å². The highest BCUT2D eigenvalue weighted by Crippen LogP contribution is 2.53. The van der Waals surface area contributed by atoms with E-state index in [9.17, 15) is 0 Å². The van der Waals surface area contributed by atoms with Gasteiger partial charge in [0.2, 0.25) is 5.95 Å². The molecular weight excluding hydrogens is 599 g/mol. The lowest BCUT2D eigenvalue weighted by molar-refractivity contribution is 0.617. The van der Waals surface area contributed by atoms with Crippen LogP contribution in [0.2, 0.25) is 0 Å². The van der Waals surface area contributed by atoms with Crippen molar-refractivity contribution in [1.82, 2.24) is 24.1 Å². The fraction of sp³-hybridized carbons (Fsp3) is 0.0682. The van der Waals surface area contributed by atoms with Crippen LogP contribution in [0.5, 0.6) is 0 Å². The topological polar surface area (TPSA) is 48.5 Å². The van der Waals surface area contributed by atoms with Crippen molar-refractivity contribution in [2.75, 3.05) is 0 Å². The van der Waals surface area contributed by atoms with Crippen LogP contribution in [0, 0.1) is 0 Å². The normalized spacial score (nSPS) is 13.3. The Labute approximate surface area is 283 Å². The van der Waals surface area contributed by atoms with Crippen molar-refractivity contribution in [3.8, 4) is 45.5 Å². The second-order valence-electron chi connectivity index (χ2n) is 13.3. The zero-order valence-corrected chi connectivity index (χ0v) is 27.2. The Bertz CT molecular complexity index is 2700. The van der Waals surface area contributed by atoms with Gasteiger partial charge in [-0.2, -0.15) is 9.97 Å². The molecule has 10 rings (SSSR count). The number of nitrogens with zero attached hydrogens (tertiary/aromatic N) is 5. The first-order chi connectivity index (χ1) is 24.1. The SMILES string of the molecule is CC1(C)c2ccccc2-c2c1n(-c1nc(-c3ccccc3)nc(-c3cccc(-n4c5ccccc5c5ccccc54)c3)n1)c1ccccc21. The maximum Gasteiger partial charge on any atom is 0.238 e. The van der Waals surface area contributed by atoms with Crippen molar-refractivity contribution in [2.24, 2.45) is 0 Å². The van der Waals surface area contributed by atoms with E-state index < -0.39 is 0 Å². The van der Waals surface area contributed by atoms with Crippen molar-refractivity contribution in [1.29, 1.82) is 0 Å². The highest BCUT2D eigenvalue weighted by Gasteiger charge is 2.41. The molecule has 0 atom stereocenters. The second kappa shape index (κ2) is 10.3. The molecule has 0 spiro atoms. The van der Waals surface area contributed by atoms with Crippen molar-refractivity contribution >= 4 is 32.7 Å². The monoisotopic (exact) mass is 629 g/mol. The first kappa shape index (κ1) is 27.8. The third-order valence-electron chi connectivity index (χ3n) is 10.1. The van der Waals surface area contributed by atoms with Gasteiger partial charge >= 0.3 is 0 Å². The number of fused-ring (bicyclic) bond motifs is 8. The summed E-state index contributed by atoms with van der Waals surface area (Å²) in [7, 11) is 0. The van der Waals surface area contributed by atoms with Gasteiger partial charge in [0.25, 0.3) is 0 Å². The van der Waals surface area contributed by atoms with Gasteiger partial charge in [0, 0.05) is 49.6 Å². The predicted octanol–water partition coefficient (Wildman–Crippen LogP) is 10.6. The lowest BCUT2D eigenvalue weighted by Gasteiger charge is -2.24. The van der Waals surface area contributed by atoms with Crippen LogP contribution >= 0.6 is 0 Å². The summed E-state index contributed by atoms with van der Waals surface area (Å²) in [5, 5.41) is 3.66. The van der Waals surface area contributed by atoms with Crippen LogP contribution in [0.25, 0.3) is 78.2 Å². The molecule has 5 nitrogen and oxygen atoms in total. The highest BCUT2D eigenvalue weighted by atomic mass is 15.2. The molecule has 0 fully saturated rings. The van der Waals surface area contributed by atoms with Gasteiger partial charge in [-0.15, -0.1) is 0 Å². The fourth-order valence-corrected chi connectivity index (χ4v) is 7.98. The molecule has 0 saturated heterocycles. The Balaban J connectivity index is 1.24. The van der Waals surface area contributed by atoms with Crippen molar-refractivity contribution < 1.29 is 0 Å². The van der Waals surface area contributed by atoms with E-state index in [1.165, 1.54) is 49.6 Å². The van der Waals surface area contributed by atoms with E-state index in [0.717, 1.165) is 22.3 Å². The molecule has 0 amide bonds. The lowest BCUT2D eigenvalue weighted by atomic mass is 9.85. The maximum absolute atomic E-state index is 5.31. The molecule has 9 aromatic rings. The summed E-state index contributed by atoms with van der Waals surface area (Å²) in [5.41, 5.74) is 11.1. The molecule has 0 bridgehead atoms. The maximum atomic E-state index is 5.31. The molecule has 49 heavy (non-hydrogen) atoms. The average Bonchev–Trinajstić information content (AvgIpc) is 3.76. The molecule has 6 aromatic carbocycles. The Morgan fingerprint density at radius 1 is 0.469 bits per heavy atom. The van der Waals surface area contributed by atoms with Gasteiger partial charge in [0.05, 0.1) is 16.6 Å². The summed E-state index contributed by atoms with van der Waals surface area (Å²) >= 11 is 0. The van der Waals surface area contributed by atoms with Gasteiger partial charge in [-0.1, -0.05) is 135 Å². The lowest BCUT2D eigenvalue weighted by Crippen LogP contribution is -2.21. The summed E-state index contributed by atoms with van der Waals surface area (Å²) in [6.07, 6.45) is 0. The first-order valence-corrected chi connectivity index (χ1v) is 16.7. The molecule has 232 valence electrons. The first-order valence-electron chi connectivity index (χ1n) is 16.7. The smallest absolute Gasteiger partial charge is 0.238 e. The van der Waals surface area contributed by atoms with Crippen LogP contribution < -0.4 is 0 Å². The van der Waals surface area contributed by atoms with E-state index in [1.54, 1.807) is 0 Å². The number of benzene rings is 6. The molecule has 1 aliphatic rings. The summed E-state index contributed by atoms with van der Waals surface area (Å²) < 4.78 is 4.61. The van der Waals surface area contributed by atoms with Gasteiger partial charge in [0.15, 0.2) is 11.6 Å². The van der Waals surface area contributed by atoms with Crippen molar-refractivity contribution in [2.45, 2.75) is 19.3 Å². The van der Waals surface area contributed by atoms with Crippen LogP contribution in [0.1, 0.15) is 25.1 Å². The largest absolute Gasteiger partial charge is 0.309 e. The molecule has 0 aliphatic heterocycles. The summed E-state index contributed by atoms with van der Waals surface area (Å²) in [5.74, 6) is 1.89. The zero-order valence-electron chi connectivity index (χ0n) is 27.2. The van der Waals surface area contributed by atoms with Crippen LogP contribution in [0.15, 0.2) is 152 Å². The standard InChI is InChI=1S/C44H31N5/c1-44(2)35-23-10-6-21-33(35)39-34-22-9-13-26-38(34)49(40(39)44)43-46-41(28-15-4-3-5-16-28)45-42(47-43)29-17-14-18-30(27-29)48-36-24-11-7-19-31(36)32-20-8-12-25-37(32)48/h3-27H,1-2H3. The Kier molecular flexibility index (Phi) is 5.85. The van der Waals surface area contributed by atoms with E-state index in [-0.39, 0.29) is 5.41 Å². The second-order valence-corrected chi connectivity index (χ2v) is 13.3. The number of aromatic nitrogens is 5. The average molecular weight is 630 g/mol. The molecule has 5 heteroatoms. The molecular formula is C44H31N5. The molecule has 1 aliphatic carbocycles. The van der Waals surface area contributed by atoms with E-state index in [4.69, 9.17) is 15.0 Å². The minimum Gasteiger partial charge on any atom is -0.309 e. The van der Waals surface area contributed by atoms with Crippen LogP contribution in [0.4, 0.5) is 0 Å². The van der Waals surface area contributed by atoms with Crippen molar-refractivity contribution in [3.63, 3.8) is 0 Å². The number of hydrogen-bond donors (Lipinski definition) is 0. The van der Waals surface area contributed by atoms with Crippen LogP contribution in [0.3, 0.4) is 0 Å². The van der Waals surface area contributed by atoms with Gasteiger partial charge in [-0.3, -0.25) is 4.57 Å². The Morgan fingerprint density at radius 3 is 1.73 bits per heavy atom. The number of para-hydroxylation sites is 3. The Hall–Kier alpha value is -6.33. The van der Waals surface area contributed by atoms with E-state index >= 15 is 0 Å². The van der Waals surface area contributed by atoms with E-state index in [0.29, 0.717) is 17.6 Å². The molecule has 0 radical (unpaired) electrons. The number of hydrogen-bond acceptors (Lipinski definition) is 3. The molecule has 3 aromatic heterocycles. The van der Waals surface area contributed by atoms with E-state index in [1.807, 2.05) is 18.2 Å². The minimum atomic E-state index is -0.263. The van der Waals surface area contributed by atoms with Gasteiger partial charge in [0.1, 0.15) is 0 Å².